The summed E-state index contributed by atoms with van der Waals surface area (Å²) in [5.74, 6) is -0.951. The molecule has 11 heavy (non-hydrogen) atoms. The van der Waals surface area contributed by atoms with Gasteiger partial charge in [-0.15, -0.1) is 11.8 Å². The number of aliphatic hydroxyl groups is 1. The lowest BCUT2D eigenvalue weighted by Crippen LogP contribution is -2.26. The van der Waals surface area contributed by atoms with Gasteiger partial charge in [-0.25, -0.2) is 0 Å². The Bertz CT molecular complexity index is 139. The minimum absolute atomic E-state index is 0.119. The van der Waals surface area contributed by atoms with Gasteiger partial charge < -0.3 is 10.2 Å². The Morgan fingerprint density at radius 2 is 2.00 bits per heavy atom. The van der Waals surface area contributed by atoms with Gasteiger partial charge in [0.25, 0.3) is 0 Å². The lowest BCUT2D eigenvalue weighted by molar-refractivity contribution is -0.137. The quantitative estimate of drug-likeness (QED) is 0.676. The van der Waals surface area contributed by atoms with Gasteiger partial charge in [0.2, 0.25) is 0 Å². The van der Waals surface area contributed by atoms with Crippen LogP contribution < -0.4 is 0 Å². The molecule has 0 aliphatic rings. The zero-order chi connectivity index (χ0) is 9.07. The van der Waals surface area contributed by atoms with E-state index in [0.717, 1.165) is 0 Å². The molecule has 0 bridgehead atoms. The molecule has 2 N–H and O–H groups in total. The van der Waals surface area contributed by atoms with Crippen molar-refractivity contribution in [1.82, 2.24) is 0 Å². The molecule has 0 aromatic carbocycles. The molecule has 0 rings (SSSR count). The number of aliphatic carboxylic acids is 1. The van der Waals surface area contributed by atoms with E-state index in [1.54, 1.807) is 0 Å². The van der Waals surface area contributed by atoms with Gasteiger partial charge in [0.1, 0.15) is 5.25 Å². The lowest BCUT2D eigenvalue weighted by atomic mass is 10.3. The average Bonchev–Trinajstić information content (AvgIpc) is 1.80. The summed E-state index contributed by atoms with van der Waals surface area (Å²) in [7, 11) is 0. The van der Waals surface area contributed by atoms with E-state index < -0.39 is 11.2 Å². The summed E-state index contributed by atoms with van der Waals surface area (Å²) in [6, 6.07) is 0. The highest BCUT2D eigenvalue weighted by molar-refractivity contribution is 8.01. The first-order valence-corrected chi connectivity index (χ1v) is 4.26. The molecule has 0 amide bonds. The molecule has 0 fully saturated rings. The SMILES string of the molecule is CC(C)(C)S[C@@H](CO)C(=O)O. The second-order valence-corrected chi connectivity index (χ2v) is 5.27. The van der Waals surface area contributed by atoms with Gasteiger partial charge in [0.05, 0.1) is 6.61 Å². The summed E-state index contributed by atoms with van der Waals surface area (Å²) in [6.07, 6.45) is 0. The first kappa shape index (κ1) is 10.8. The van der Waals surface area contributed by atoms with Crippen molar-refractivity contribution in [2.75, 3.05) is 6.61 Å². The van der Waals surface area contributed by atoms with Gasteiger partial charge in [0, 0.05) is 4.75 Å². The number of hydrogen-bond acceptors (Lipinski definition) is 3. The Morgan fingerprint density at radius 1 is 1.55 bits per heavy atom. The van der Waals surface area contributed by atoms with Crippen molar-refractivity contribution in [3.8, 4) is 0 Å². The number of aliphatic hydroxyl groups excluding tert-OH is 1. The van der Waals surface area contributed by atoms with E-state index in [0.29, 0.717) is 0 Å². The smallest absolute Gasteiger partial charge is 0.319 e. The fourth-order valence-corrected chi connectivity index (χ4v) is 1.62. The molecule has 0 saturated heterocycles. The van der Waals surface area contributed by atoms with E-state index in [4.69, 9.17) is 10.2 Å². The zero-order valence-corrected chi connectivity index (χ0v) is 7.81. The Balaban J connectivity index is 3.99. The van der Waals surface area contributed by atoms with Crippen LogP contribution in [0.2, 0.25) is 0 Å². The second-order valence-electron chi connectivity index (χ2n) is 3.24. The third kappa shape index (κ3) is 5.09. The van der Waals surface area contributed by atoms with Crippen molar-refractivity contribution in [1.29, 1.82) is 0 Å². The normalized spacial score (nSPS) is 14.5. The topological polar surface area (TPSA) is 57.5 Å². The van der Waals surface area contributed by atoms with Gasteiger partial charge in [-0.2, -0.15) is 0 Å². The van der Waals surface area contributed by atoms with Crippen LogP contribution >= 0.6 is 11.8 Å². The van der Waals surface area contributed by atoms with E-state index >= 15 is 0 Å². The summed E-state index contributed by atoms with van der Waals surface area (Å²) in [6.45, 7) is 5.45. The molecule has 1 atom stereocenters. The van der Waals surface area contributed by atoms with Crippen LogP contribution in [0.25, 0.3) is 0 Å². The molecule has 0 radical (unpaired) electrons. The van der Waals surface area contributed by atoms with Gasteiger partial charge in [-0.1, -0.05) is 20.8 Å². The maximum atomic E-state index is 10.4. The number of carbonyl (C=O) groups is 1. The van der Waals surface area contributed by atoms with E-state index in [1.807, 2.05) is 20.8 Å². The van der Waals surface area contributed by atoms with Crippen molar-refractivity contribution < 1.29 is 15.0 Å². The number of carboxylic acid groups (broad SMARTS) is 1. The number of thioether (sulfide) groups is 1. The number of rotatable bonds is 3. The largest absolute Gasteiger partial charge is 0.480 e. The first-order valence-electron chi connectivity index (χ1n) is 3.38. The summed E-state index contributed by atoms with van der Waals surface area (Å²) in [5, 5.41) is 16.5. The molecule has 66 valence electrons. The fourth-order valence-electron chi connectivity index (χ4n) is 0.593. The minimum Gasteiger partial charge on any atom is -0.480 e. The fraction of sp³-hybridized carbons (Fsp3) is 0.857. The molecule has 3 nitrogen and oxygen atoms in total. The molecule has 0 heterocycles. The molecular formula is C7H14O3S. The van der Waals surface area contributed by atoms with Crippen molar-refractivity contribution in [3.63, 3.8) is 0 Å². The van der Waals surface area contributed by atoms with Crippen LogP contribution in [0, 0.1) is 0 Å². The van der Waals surface area contributed by atoms with Crippen LogP contribution in [0.4, 0.5) is 0 Å². The highest BCUT2D eigenvalue weighted by atomic mass is 32.2. The predicted molar refractivity (Wildman–Crippen MR) is 45.9 cm³/mol. The third-order valence-electron chi connectivity index (χ3n) is 0.937. The standard InChI is InChI=1S/C7H14O3S/c1-7(2,3)11-5(4-8)6(9)10/h5,8H,4H2,1-3H3,(H,9,10)/t5-/m0/s1. The van der Waals surface area contributed by atoms with Crippen molar-refractivity contribution in [2.24, 2.45) is 0 Å². The van der Waals surface area contributed by atoms with E-state index in [9.17, 15) is 4.79 Å². The monoisotopic (exact) mass is 178 g/mol. The highest BCUT2D eigenvalue weighted by Gasteiger charge is 2.23. The lowest BCUT2D eigenvalue weighted by Gasteiger charge is -2.21. The number of carboxylic acids is 1. The Hall–Kier alpha value is -0.220. The molecule has 0 saturated carbocycles. The summed E-state index contributed by atoms with van der Waals surface area (Å²) < 4.78 is -0.119. The highest BCUT2D eigenvalue weighted by Crippen LogP contribution is 2.27. The van der Waals surface area contributed by atoms with Crippen molar-refractivity contribution in [2.45, 2.75) is 30.8 Å². The maximum absolute atomic E-state index is 10.4. The first-order chi connectivity index (χ1) is 4.87. The van der Waals surface area contributed by atoms with Crippen LogP contribution in [0.15, 0.2) is 0 Å². The zero-order valence-electron chi connectivity index (χ0n) is 7.00. The van der Waals surface area contributed by atoms with Crippen LogP contribution in [0.1, 0.15) is 20.8 Å². The third-order valence-corrected chi connectivity index (χ3v) is 2.28. The van der Waals surface area contributed by atoms with Crippen molar-refractivity contribution in [3.05, 3.63) is 0 Å². The van der Waals surface area contributed by atoms with Crippen LogP contribution in [-0.2, 0) is 4.79 Å². The Labute approximate surface area is 70.8 Å². The van der Waals surface area contributed by atoms with Gasteiger partial charge in [0.15, 0.2) is 0 Å². The maximum Gasteiger partial charge on any atom is 0.319 e. The molecule has 0 aromatic rings. The van der Waals surface area contributed by atoms with Crippen LogP contribution in [-0.4, -0.2) is 32.8 Å². The summed E-state index contributed by atoms with van der Waals surface area (Å²) in [5.41, 5.74) is 0. The molecule has 0 aromatic heterocycles. The molecule has 0 spiro atoms. The van der Waals surface area contributed by atoms with Gasteiger partial charge in [-0.3, -0.25) is 4.79 Å². The van der Waals surface area contributed by atoms with E-state index in [-0.39, 0.29) is 11.4 Å². The van der Waals surface area contributed by atoms with Crippen molar-refractivity contribution >= 4 is 17.7 Å². The molecule has 0 aliphatic carbocycles. The van der Waals surface area contributed by atoms with E-state index in [2.05, 4.69) is 0 Å². The van der Waals surface area contributed by atoms with Gasteiger partial charge in [-0.05, 0) is 0 Å². The molecule has 4 heteroatoms. The second kappa shape index (κ2) is 3.97. The molecule has 0 unspecified atom stereocenters. The van der Waals surface area contributed by atoms with Crippen LogP contribution in [0.3, 0.4) is 0 Å². The van der Waals surface area contributed by atoms with E-state index in [1.165, 1.54) is 11.8 Å². The molecular weight excluding hydrogens is 164 g/mol. The summed E-state index contributed by atoms with van der Waals surface area (Å²) in [4.78, 5) is 10.4. The van der Waals surface area contributed by atoms with Crippen LogP contribution in [0.5, 0.6) is 0 Å². The minimum atomic E-state index is -0.951. The van der Waals surface area contributed by atoms with Gasteiger partial charge >= 0.3 is 5.97 Å². The Morgan fingerprint density at radius 3 is 2.09 bits per heavy atom. The average molecular weight is 178 g/mol. The molecule has 0 aliphatic heterocycles. The Kier molecular flexibility index (Phi) is 3.89. The summed E-state index contributed by atoms with van der Waals surface area (Å²) >= 11 is 1.26. The predicted octanol–water partition coefficient (Wildman–Crippen LogP) is 0.964. The number of hydrogen-bond donors (Lipinski definition) is 2.